The maximum absolute atomic E-state index is 10.2. The minimum absolute atomic E-state index is 0.140. The van der Waals surface area contributed by atoms with Gasteiger partial charge in [0.15, 0.2) is 0 Å². The Labute approximate surface area is 117 Å². The monoisotopic (exact) mass is 264 g/mol. The smallest absolute Gasteiger partial charge is 0.0628 e. The highest BCUT2D eigenvalue weighted by Gasteiger charge is 2.31. The minimum atomic E-state index is -0.140. The first kappa shape index (κ1) is 14.6. The van der Waals surface area contributed by atoms with E-state index in [4.69, 9.17) is 0 Å². The molecule has 1 aromatic rings. The summed E-state index contributed by atoms with van der Waals surface area (Å²) in [6.07, 6.45) is 6.11. The van der Waals surface area contributed by atoms with Crippen LogP contribution in [0.3, 0.4) is 0 Å². The van der Waals surface area contributed by atoms with Gasteiger partial charge in [0.05, 0.1) is 11.8 Å². The number of aliphatic hydroxyl groups is 1. The molecule has 2 rings (SSSR count). The van der Waals surface area contributed by atoms with Gasteiger partial charge in [0.25, 0.3) is 0 Å². The van der Waals surface area contributed by atoms with Gasteiger partial charge < -0.3 is 5.11 Å². The van der Waals surface area contributed by atoms with E-state index >= 15 is 0 Å². The Morgan fingerprint density at radius 3 is 2.63 bits per heavy atom. The van der Waals surface area contributed by atoms with Crippen molar-refractivity contribution in [3.05, 3.63) is 18.0 Å². The van der Waals surface area contributed by atoms with Gasteiger partial charge in [-0.2, -0.15) is 5.10 Å². The fraction of sp³-hybridized carbons (Fsp3) is 0.812. The lowest BCUT2D eigenvalue weighted by molar-refractivity contribution is 0.0373. The number of hydrogen-bond donors (Lipinski definition) is 1. The molecule has 0 aromatic carbocycles. The molecule has 0 amide bonds. The molecule has 3 atom stereocenters. The Bertz CT molecular complexity index is 397. The summed E-state index contributed by atoms with van der Waals surface area (Å²) in [5.41, 5.74) is 1.13. The lowest BCUT2D eigenvalue weighted by Crippen LogP contribution is -2.32. The fourth-order valence-corrected chi connectivity index (χ4v) is 3.15. The third-order valence-corrected chi connectivity index (χ3v) is 4.59. The van der Waals surface area contributed by atoms with Crippen molar-refractivity contribution in [3.63, 3.8) is 0 Å². The number of rotatable bonds is 4. The van der Waals surface area contributed by atoms with Crippen molar-refractivity contribution in [1.29, 1.82) is 0 Å². The van der Waals surface area contributed by atoms with Gasteiger partial charge in [0, 0.05) is 12.2 Å². The normalized spacial score (nSPS) is 28.3. The average molecular weight is 264 g/mol. The van der Waals surface area contributed by atoms with Crippen LogP contribution in [-0.4, -0.2) is 21.0 Å². The van der Waals surface area contributed by atoms with Gasteiger partial charge in [-0.3, -0.25) is 4.68 Å². The predicted molar refractivity (Wildman–Crippen MR) is 78.0 cm³/mol. The lowest BCUT2D eigenvalue weighted by atomic mass is 9.73. The van der Waals surface area contributed by atoms with Crippen LogP contribution in [0.25, 0.3) is 0 Å². The van der Waals surface area contributed by atoms with Crippen LogP contribution in [-0.2, 0) is 6.42 Å². The molecule has 1 saturated carbocycles. The molecule has 19 heavy (non-hydrogen) atoms. The van der Waals surface area contributed by atoms with Crippen LogP contribution in [0.5, 0.6) is 0 Å². The van der Waals surface area contributed by atoms with Crippen LogP contribution in [0.15, 0.2) is 12.3 Å². The number of hydrogen-bond acceptors (Lipinski definition) is 2. The van der Waals surface area contributed by atoms with E-state index in [-0.39, 0.29) is 6.10 Å². The van der Waals surface area contributed by atoms with Gasteiger partial charge in [-0.05, 0) is 63.4 Å². The zero-order valence-corrected chi connectivity index (χ0v) is 12.7. The molecule has 3 unspecified atom stereocenters. The molecule has 1 heterocycles. The highest BCUT2D eigenvalue weighted by atomic mass is 16.3. The van der Waals surface area contributed by atoms with Gasteiger partial charge >= 0.3 is 0 Å². The summed E-state index contributed by atoms with van der Waals surface area (Å²) in [6, 6.07) is 2.51. The Kier molecular flexibility index (Phi) is 4.67. The summed E-state index contributed by atoms with van der Waals surface area (Å²) < 4.78 is 2.00. The van der Waals surface area contributed by atoms with Crippen molar-refractivity contribution in [1.82, 2.24) is 9.78 Å². The van der Waals surface area contributed by atoms with Gasteiger partial charge in [-0.25, -0.2) is 0 Å². The zero-order valence-electron chi connectivity index (χ0n) is 12.7. The molecule has 1 aliphatic rings. The fourth-order valence-electron chi connectivity index (χ4n) is 3.15. The van der Waals surface area contributed by atoms with Gasteiger partial charge in [0.1, 0.15) is 0 Å². The second kappa shape index (κ2) is 6.08. The summed E-state index contributed by atoms with van der Waals surface area (Å²) in [5, 5.41) is 14.8. The minimum Gasteiger partial charge on any atom is -0.393 e. The molecule has 0 spiro atoms. The Morgan fingerprint density at radius 2 is 2.05 bits per heavy atom. The summed E-state index contributed by atoms with van der Waals surface area (Å²) in [6.45, 7) is 8.88. The first-order chi connectivity index (χ1) is 8.97. The van der Waals surface area contributed by atoms with Crippen molar-refractivity contribution in [2.24, 2.45) is 17.8 Å². The van der Waals surface area contributed by atoms with E-state index in [0.29, 0.717) is 12.0 Å². The first-order valence-corrected chi connectivity index (χ1v) is 7.69. The Morgan fingerprint density at radius 1 is 1.32 bits per heavy atom. The molecule has 0 saturated heterocycles. The highest BCUT2D eigenvalue weighted by Crippen LogP contribution is 2.35. The zero-order chi connectivity index (χ0) is 14.0. The van der Waals surface area contributed by atoms with Crippen molar-refractivity contribution in [3.8, 4) is 0 Å². The SMILES string of the molecule is CC(C)C1CCC(O)C(Cc2ccn(C(C)C)n2)C1. The first-order valence-electron chi connectivity index (χ1n) is 7.69. The van der Waals surface area contributed by atoms with Crippen LogP contribution in [0.2, 0.25) is 0 Å². The molecule has 1 aliphatic carbocycles. The maximum Gasteiger partial charge on any atom is 0.0628 e. The second-order valence-corrected chi connectivity index (χ2v) is 6.73. The number of aromatic nitrogens is 2. The van der Waals surface area contributed by atoms with Crippen LogP contribution in [0.1, 0.15) is 58.7 Å². The molecule has 0 aliphatic heterocycles. The third kappa shape index (κ3) is 3.59. The Hall–Kier alpha value is -0.830. The summed E-state index contributed by atoms with van der Waals surface area (Å²) in [4.78, 5) is 0. The van der Waals surface area contributed by atoms with E-state index in [1.165, 1.54) is 6.42 Å². The standard InChI is InChI=1S/C16H28N2O/c1-11(2)13-5-6-16(19)14(9-13)10-15-7-8-18(17-15)12(3)4/h7-8,11-14,16,19H,5-6,9-10H2,1-4H3. The summed E-state index contributed by atoms with van der Waals surface area (Å²) in [7, 11) is 0. The van der Waals surface area contributed by atoms with Crippen LogP contribution in [0, 0.1) is 17.8 Å². The molecule has 108 valence electrons. The van der Waals surface area contributed by atoms with E-state index in [9.17, 15) is 5.11 Å². The molecule has 0 radical (unpaired) electrons. The molecule has 3 heteroatoms. The topological polar surface area (TPSA) is 38.0 Å². The van der Waals surface area contributed by atoms with E-state index in [0.717, 1.165) is 36.8 Å². The van der Waals surface area contributed by atoms with Crippen LogP contribution < -0.4 is 0 Å². The quantitative estimate of drug-likeness (QED) is 0.904. The van der Waals surface area contributed by atoms with Crippen molar-refractivity contribution >= 4 is 0 Å². The van der Waals surface area contributed by atoms with Gasteiger partial charge in [-0.15, -0.1) is 0 Å². The molecule has 1 aromatic heterocycles. The van der Waals surface area contributed by atoms with Crippen molar-refractivity contribution in [2.45, 2.75) is 65.5 Å². The highest BCUT2D eigenvalue weighted by molar-refractivity contribution is 5.02. The maximum atomic E-state index is 10.2. The molecule has 1 N–H and O–H groups in total. The molecule has 0 bridgehead atoms. The number of nitrogens with zero attached hydrogens (tertiary/aromatic N) is 2. The van der Waals surface area contributed by atoms with Crippen LogP contribution >= 0.6 is 0 Å². The van der Waals surface area contributed by atoms with E-state index in [2.05, 4.69) is 45.1 Å². The largest absolute Gasteiger partial charge is 0.393 e. The van der Waals surface area contributed by atoms with Crippen molar-refractivity contribution < 1.29 is 5.11 Å². The molecular weight excluding hydrogens is 236 g/mol. The van der Waals surface area contributed by atoms with Crippen LogP contribution in [0.4, 0.5) is 0 Å². The van der Waals surface area contributed by atoms with E-state index in [1.54, 1.807) is 0 Å². The number of aliphatic hydroxyl groups excluding tert-OH is 1. The summed E-state index contributed by atoms with van der Waals surface area (Å²) >= 11 is 0. The molecular formula is C16H28N2O. The summed E-state index contributed by atoms with van der Waals surface area (Å²) in [5.74, 6) is 1.88. The molecule has 1 fully saturated rings. The van der Waals surface area contributed by atoms with E-state index < -0.39 is 0 Å². The predicted octanol–water partition coefficient (Wildman–Crippen LogP) is 3.44. The lowest BCUT2D eigenvalue weighted by Gasteiger charge is -2.35. The van der Waals surface area contributed by atoms with Gasteiger partial charge in [0.2, 0.25) is 0 Å². The third-order valence-electron chi connectivity index (χ3n) is 4.59. The Balaban J connectivity index is 1.99. The van der Waals surface area contributed by atoms with Gasteiger partial charge in [-0.1, -0.05) is 13.8 Å². The second-order valence-electron chi connectivity index (χ2n) is 6.73. The molecule has 3 nitrogen and oxygen atoms in total. The average Bonchev–Trinajstić information content (AvgIpc) is 2.80. The van der Waals surface area contributed by atoms with E-state index in [1.807, 2.05) is 4.68 Å². The van der Waals surface area contributed by atoms with Crippen molar-refractivity contribution in [2.75, 3.05) is 0 Å².